The molecule has 8 bridgehead atoms. The van der Waals surface area contributed by atoms with E-state index in [9.17, 15) is 36.7 Å². The lowest BCUT2D eigenvalue weighted by atomic mass is 9.85. The standard InChI is InChI=1S/C32H38F2N10O7S/c1-31(2,3)24-28(47)43-15-18(13-21(43)27(46)36-32(14-20(32)25(33)34)29(48)41-52(49,50)19-9-10-19)44-40-26(38-42-44)17-8-11-22(45)16(12-17)6-4-5-7-23-37-39-30(35-24)51-23/h4,6,8,11-12,18-21,24-25,45H,5,7,9-10,13-15H2,1-3H3,(H,35,39)(H,36,46)(H,41,48)/b6-4+/t18-,20+,21+,24-,32-/m1/s1. The molecule has 1 saturated heterocycles. The largest absolute Gasteiger partial charge is 0.507 e. The van der Waals surface area contributed by atoms with E-state index < -0.39 is 80.8 Å². The van der Waals surface area contributed by atoms with Gasteiger partial charge in [-0.25, -0.2) is 17.2 Å². The van der Waals surface area contributed by atoms with E-state index in [2.05, 4.69) is 36.2 Å². The molecule has 1 aromatic carbocycles. The van der Waals surface area contributed by atoms with Crippen molar-refractivity contribution in [3.05, 3.63) is 35.7 Å². The highest BCUT2D eigenvalue weighted by Crippen LogP contribution is 2.48. The molecular weight excluding hydrogens is 706 g/mol. The minimum Gasteiger partial charge on any atom is -0.507 e. The van der Waals surface area contributed by atoms with E-state index in [0.29, 0.717) is 36.8 Å². The third kappa shape index (κ3) is 6.82. The van der Waals surface area contributed by atoms with E-state index >= 15 is 0 Å². The maximum absolute atomic E-state index is 14.5. The molecule has 4 N–H and O–H groups in total. The highest BCUT2D eigenvalue weighted by Gasteiger charge is 2.66. The Balaban J connectivity index is 1.24. The maximum atomic E-state index is 14.5. The SMILES string of the molecule is CC(C)(C)[C@@H]1Nc2nnc(o2)CC/C=C/c2cc(ccc2O)-c2nnn(n2)[C@@H]2C[C@@H](C(=O)N[C@]3(C(=O)NS(=O)(=O)C4CC4)C[C@H]3C(F)F)N(C2)C1=O. The lowest BCUT2D eigenvalue weighted by Gasteiger charge is -2.35. The van der Waals surface area contributed by atoms with Crippen LogP contribution >= 0.6 is 0 Å². The summed E-state index contributed by atoms with van der Waals surface area (Å²) in [4.78, 5) is 44.5. The summed E-state index contributed by atoms with van der Waals surface area (Å²) in [5, 5.41) is 36.1. The van der Waals surface area contributed by atoms with Gasteiger partial charge >= 0.3 is 6.01 Å². The van der Waals surface area contributed by atoms with Crippen molar-refractivity contribution in [1.29, 1.82) is 0 Å². The molecule has 278 valence electrons. The topological polar surface area (TPSA) is 227 Å². The number of fused-ring (bicyclic) bond motifs is 10. The minimum absolute atomic E-state index is 0.0240. The summed E-state index contributed by atoms with van der Waals surface area (Å²) in [6.45, 7) is 5.24. The number of tetrazole rings is 1. The third-order valence-corrected chi connectivity index (χ3v) is 11.7. The second-order valence-corrected chi connectivity index (χ2v) is 16.7. The van der Waals surface area contributed by atoms with Crippen LogP contribution < -0.4 is 15.4 Å². The number of carbonyl (C=O) groups is 3. The number of allylic oxidation sites excluding steroid dienone is 1. The van der Waals surface area contributed by atoms with E-state index in [1.807, 2.05) is 10.8 Å². The number of aryl methyl sites for hydroxylation is 1. The van der Waals surface area contributed by atoms with Gasteiger partial charge in [-0.3, -0.25) is 19.1 Å². The molecule has 3 amide bonds. The molecule has 0 radical (unpaired) electrons. The number of sulfonamides is 1. The number of anilines is 1. The Morgan fingerprint density at radius 3 is 2.63 bits per heavy atom. The second-order valence-electron chi connectivity index (χ2n) is 14.8. The van der Waals surface area contributed by atoms with Crippen molar-refractivity contribution in [1.82, 2.24) is 45.3 Å². The fourth-order valence-electron chi connectivity index (χ4n) is 6.60. The first-order valence-corrected chi connectivity index (χ1v) is 18.5. The van der Waals surface area contributed by atoms with Crippen LogP contribution in [0.5, 0.6) is 5.75 Å². The Kier molecular flexibility index (Phi) is 8.77. The summed E-state index contributed by atoms with van der Waals surface area (Å²) in [5.41, 5.74) is -1.98. The zero-order valence-electron chi connectivity index (χ0n) is 28.5. The predicted molar refractivity (Wildman–Crippen MR) is 178 cm³/mol. The summed E-state index contributed by atoms with van der Waals surface area (Å²) >= 11 is 0. The Morgan fingerprint density at radius 2 is 1.94 bits per heavy atom. The van der Waals surface area contributed by atoms with Crippen molar-refractivity contribution in [2.75, 3.05) is 11.9 Å². The molecule has 0 spiro atoms. The molecule has 5 atom stereocenters. The van der Waals surface area contributed by atoms with Gasteiger partial charge in [0.2, 0.25) is 40.0 Å². The maximum Gasteiger partial charge on any atom is 0.316 e. The van der Waals surface area contributed by atoms with Crippen LogP contribution in [0, 0.1) is 11.3 Å². The van der Waals surface area contributed by atoms with Gasteiger partial charge in [0, 0.05) is 30.5 Å². The number of halogens is 2. The number of nitrogens with zero attached hydrogens (tertiary/aromatic N) is 7. The van der Waals surface area contributed by atoms with Crippen molar-refractivity contribution in [3.63, 3.8) is 0 Å². The van der Waals surface area contributed by atoms with E-state index in [1.165, 1.54) is 15.8 Å². The van der Waals surface area contributed by atoms with Gasteiger partial charge in [0.25, 0.3) is 5.91 Å². The Morgan fingerprint density at radius 1 is 1.17 bits per heavy atom. The van der Waals surface area contributed by atoms with Crippen LogP contribution in [0.15, 0.2) is 28.7 Å². The van der Waals surface area contributed by atoms with Crippen LogP contribution in [0.4, 0.5) is 14.8 Å². The molecule has 3 fully saturated rings. The molecule has 2 aliphatic heterocycles. The van der Waals surface area contributed by atoms with Crippen molar-refractivity contribution >= 4 is 39.8 Å². The van der Waals surface area contributed by atoms with E-state index in [0.717, 1.165) is 0 Å². The minimum atomic E-state index is -4.12. The lowest BCUT2D eigenvalue weighted by Crippen LogP contribution is -2.59. The number of alkyl halides is 2. The molecule has 7 rings (SSSR count). The summed E-state index contributed by atoms with van der Waals surface area (Å²) in [7, 11) is -4.12. The van der Waals surface area contributed by atoms with Gasteiger partial charge < -0.3 is 25.1 Å². The Hall–Kier alpha value is -5.01. The van der Waals surface area contributed by atoms with Crippen LogP contribution in [0.25, 0.3) is 17.5 Å². The number of phenolic OH excluding ortho intramolecular Hbond substituents is 1. The Labute approximate surface area is 296 Å². The van der Waals surface area contributed by atoms with E-state index in [4.69, 9.17) is 4.42 Å². The van der Waals surface area contributed by atoms with Crippen molar-refractivity contribution in [2.24, 2.45) is 11.3 Å². The van der Waals surface area contributed by atoms with Crippen LogP contribution in [0.2, 0.25) is 0 Å². The van der Waals surface area contributed by atoms with Crippen LogP contribution in [0.3, 0.4) is 0 Å². The van der Waals surface area contributed by atoms with Gasteiger partial charge in [-0.2, -0.15) is 4.80 Å². The molecule has 17 nitrogen and oxygen atoms in total. The molecule has 4 heterocycles. The average molecular weight is 745 g/mol. The first kappa shape index (κ1) is 35.4. The Bertz CT molecular complexity index is 2040. The fraction of sp³-hybridized carbons (Fsp3) is 0.562. The molecule has 3 aromatic rings. The molecule has 2 aliphatic carbocycles. The molecular formula is C32H38F2N10O7S. The predicted octanol–water partition coefficient (Wildman–Crippen LogP) is 1.81. The monoisotopic (exact) mass is 744 g/mol. The number of hydrogen-bond donors (Lipinski definition) is 4. The highest BCUT2D eigenvalue weighted by molar-refractivity contribution is 7.91. The van der Waals surface area contributed by atoms with Gasteiger partial charge in [-0.15, -0.1) is 15.3 Å². The zero-order valence-corrected chi connectivity index (χ0v) is 29.3. The number of benzene rings is 1. The average Bonchev–Trinajstić information content (AvgIpc) is 3.88. The fourth-order valence-corrected chi connectivity index (χ4v) is 7.97. The molecule has 0 unspecified atom stereocenters. The van der Waals surface area contributed by atoms with Crippen molar-refractivity contribution in [3.8, 4) is 17.1 Å². The number of nitrogens with one attached hydrogen (secondary N) is 3. The van der Waals surface area contributed by atoms with Crippen LogP contribution in [0.1, 0.15) is 70.4 Å². The number of carbonyl (C=O) groups excluding carboxylic acids is 3. The summed E-state index contributed by atoms with van der Waals surface area (Å²) < 4.78 is 61.0. The number of phenols is 1. The zero-order chi connectivity index (χ0) is 37.2. The van der Waals surface area contributed by atoms with Crippen molar-refractivity contribution in [2.45, 2.75) is 94.6 Å². The van der Waals surface area contributed by atoms with Crippen LogP contribution in [-0.2, 0) is 30.8 Å². The number of rotatable bonds is 6. The van der Waals surface area contributed by atoms with Crippen LogP contribution in [-0.4, -0.2) is 102 Å². The molecule has 2 saturated carbocycles. The normalized spacial score (nSPS) is 26.9. The number of hydrogen-bond acceptors (Lipinski definition) is 13. The highest BCUT2D eigenvalue weighted by atomic mass is 32.2. The first-order valence-electron chi connectivity index (χ1n) is 16.9. The van der Waals surface area contributed by atoms with E-state index in [1.54, 1.807) is 39.0 Å². The number of aromatic nitrogens is 6. The summed E-state index contributed by atoms with van der Waals surface area (Å²) in [5.74, 6) is -3.87. The van der Waals surface area contributed by atoms with Gasteiger partial charge in [0.1, 0.15) is 23.4 Å². The van der Waals surface area contributed by atoms with Gasteiger partial charge in [0.15, 0.2) is 0 Å². The second kappa shape index (κ2) is 12.9. The molecule has 20 heteroatoms. The number of amides is 3. The van der Waals surface area contributed by atoms with Gasteiger partial charge in [-0.05, 0) is 54.5 Å². The van der Waals surface area contributed by atoms with Gasteiger partial charge in [-0.1, -0.05) is 38.0 Å². The third-order valence-electron chi connectivity index (χ3n) is 9.84. The molecule has 52 heavy (non-hydrogen) atoms. The van der Waals surface area contributed by atoms with Crippen molar-refractivity contribution < 1.29 is 41.1 Å². The smallest absolute Gasteiger partial charge is 0.316 e. The summed E-state index contributed by atoms with van der Waals surface area (Å²) in [6, 6.07) is 1.63. The molecule has 4 aliphatic rings. The number of aromatic hydroxyl groups is 1. The van der Waals surface area contributed by atoms with Gasteiger partial charge in [0.05, 0.1) is 17.2 Å². The van der Waals surface area contributed by atoms with E-state index in [-0.39, 0.29) is 36.4 Å². The summed E-state index contributed by atoms with van der Waals surface area (Å²) in [6.07, 6.45) is 1.42. The quantitative estimate of drug-likeness (QED) is 0.283. The first-order chi connectivity index (χ1) is 24.6. The molecule has 2 aromatic heterocycles. The lowest BCUT2D eigenvalue weighted by molar-refractivity contribution is -0.141.